The highest BCUT2D eigenvalue weighted by atomic mass is 35.5. The summed E-state index contributed by atoms with van der Waals surface area (Å²) < 4.78 is 1.80. The second-order valence-electron chi connectivity index (χ2n) is 5.85. The molecule has 108 valence electrons. The van der Waals surface area contributed by atoms with Crippen LogP contribution in [-0.2, 0) is 18.9 Å². The highest BCUT2D eigenvalue weighted by Gasteiger charge is 2.18. The zero-order valence-electron chi connectivity index (χ0n) is 12.3. The second kappa shape index (κ2) is 5.79. The third kappa shape index (κ3) is 3.93. The number of rotatable bonds is 4. The molecule has 0 atom stereocenters. The molecule has 0 bridgehead atoms. The first-order valence-electron chi connectivity index (χ1n) is 6.61. The van der Waals surface area contributed by atoms with Crippen molar-refractivity contribution in [2.45, 2.75) is 32.6 Å². The Balaban J connectivity index is 2.00. The number of aryl methyl sites for hydroxylation is 1. The lowest BCUT2D eigenvalue weighted by atomic mass is 9.96. The maximum atomic E-state index is 6.05. The largest absolute Gasteiger partial charge is 0.370 e. The number of hydrogen-bond acceptors (Lipinski definition) is 4. The summed E-state index contributed by atoms with van der Waals surface area (Å²) in [6, 6.07) is 1.75. The monoisotopic (exact) mass is 293 g/mol. The van der Waals surface area contributed by atoms with Crippen LogP contribution in [0.15, 0.2) is 18.5 Å². The molecule has 0 unspecified atom stereocenters. The van der Waals surface area contributed by atoms with Gasteiger partial charge in [0.1, 0.15) is 16.8 Å². The highest BCUT2D eigenvalue weighted by Crippen LogP contribution is 2.22. The number of halogens is 1. The fourth-order valence-corrected chi connectivity index (χ4v) is 1.96. The first kappa shape index (κ1) is 14.8. The smallest absolute Gasteiger partial charge is 0.137 e. The normalized spacial score (nSPS) is 11.7. The molecule has 2 rings (SSSR count). The van der Waals surface area contributed by atoms with Gasteiger partial charge in [-0.05, 0) is 12.0 Å². The quantitative estimate of drug-likeness (QED) is 0.881. The van der Waals surface area contributed by atoms with Crippen molar-refractivity contribution in [2.24, 2.45) is 7.05 Å². The number of aromatic nitrogens is 4. The van der Waals surface area contributed by atoms with Crippen molar-refractivity contribution >= 4 is 17.4 Å². The zero-order chi connectivity index (χ0) is 14.8. The van der Waals surface area contributed by atoms with Crippen LogP contribution in [0.4, 0.5) is 5.82 Å². The lowest BCUT2D eigenvalue weighted by molar-refractivity contribution is 0.546. The number of hydrogen-bond donors (Lipinski definition) is 1. The molecule has 0 aromatic carbocycles. The summed E-state index contributed by atoms with van der Waals surface area (Å²) >= 11 is 6.05. The molecule has 0 saturated carbocycles. The van der Waals surface area contributed by atoms with Crippen molar-refractivity contribution in [2.75, 3.05) is 11.9 Å². The minimum absolute atomic E-state index is 0.120. The topological polar surface area (TPSA) is 55.6 Å². The minimum Gasteiger partial charge on any atom is -0.370 e. The summed E-state index contributed by atoms with van der Waals surface area (Å²) in [6.45, 7) is 6.98. The standard InChI is InChI=1S/C14H20ClN5/c1-14(2,3)13-18-11(15)7-12(19-13)16-6-5-10-8-17-20(4)9-10/h7-9H,5-6H2,1-4H3,(H,16,18,19). The SMILES string of the molecule is Cn1cc(CCNc2cc(Cl)nc(C(C)(C)C)n2)cn1. The van der Waals surface area contributed by atoms with Gasteiger partial charge in [-0.25, -0.2) is 9.97 Å². The van der Waals surface area contributed by atoms with Gasteiger partial charge in [0, 0.05) is 31.3 Å². The van der Waals surface area contributed by atoms with Crippen LogP contribution in [-0.4, -0.2) is 26.3 Å². The van der Waals surface area contributed by atoms with Gasteiger partial charge in [-0.2, -0.15) is 5.10 Å². The maximum absolute atomic E-state index is 6.05. The number of nitrogens with zero attached hydrogens (tertiary/aromatic N) is 4. The molecule has 0 fully saturated rings. The molecule has 0 radical (unpaired) electrons. The van der Waals surface area contributed by atoms with Crippen LogP contribution >= 0.6 is 11.6 Å². The molecule has 0 aliphatic rings. The Kier molecular flexibility index (Phi) is 4.28. The Bertz CT molecular complexity index is 585. The third-order valence-corrected chi connectivity index (χ3v) is 3.04. The maximum Gasteiger partial charge on any atom is 0.137 e. The summed E-state index contributed by atoms with van der Waals surface area (Å²) in [5.41, 5.74) is 1.07. The lowest BCUT2D eigenvalue weighted by Gasteiger charge is -2.17. The molecular formula is C14H20ClN5. The highest BCUT2D eigenvalue weighted by molar-refractivity contribution is 6.29. The van der Waals surface area contributed by atoms with E-state index >= 15 is 0 Å². The summed E-state index contributed by atoms with van der Waals surface area (Å²) in [5.74, 6) is 1.51. The van der Waals surface area contributed by atoms with Gasteiger partial charge in [-0.3, -0.25) is 4.68 Å². The van der Waals surface area contributed by atoms with Gasteiger partial charge in [0.15, 0.2) is 0 Å². The summed E-state index contributed by atoms with van der Waals surface area (Å²) in [4.78, 5) is 8.79. The van der Waals surface area contributed by atoms with E-state index in [0.29, 0.717) is 5.15 Å². The van der Waals surface area contributed by atoms with E-state index in [1.807, 2.05) is 19.4 Å². The third-order valence-electron chi connectivity index (χ3n) is 2.84. The average Bonchev–Trinajstić information content (AvgIpc) is 2.73. The Morgan fingerprint density at radius 1 is 1.30 bits per heavy atom. The predicted molar refractivity (Wildman–Crippen MR) is 81.1 cm³/mol. The van der Waals surface area contributed by atoms with Crippen molar-refractivity contribution < 1.29 is 0 Å². The minimum atomic E-state index is -0.120. The summed E-state index contributed by atoms with van der Waals surface area (Å²) in [6.07, 6.45) is 4.77. The molecule has 0 amide bonds. The van der Waals surface area contributed by atoms with Gasteiger partial charge in [-0.15, -0.1) is 0 Å². The first-order valence-corrected chi connectivity index (χ1v) is 6.99. The van der Waals surface area contributed by atoms with Crippen LogP contribution in [0, 0.1) is 0 Å². The van der Waals surface area contributed by atoms with E-state index in [-0.39, 0.29) is 5.41 Å². The lowest BCUT2D eigenvalue weighted by Crippen LogP contribution is -2.17. The van der Waals surface area contributed by atoms with Crippen LogP contribution in [0.1, 0.15) is 32.2 Å². The van der Waals surface area contributed by atoms with Crippen molar-refractivity contribution in [3.8, 4) is 0 Å². The van der Waals surface area contributed by atoms with Crippen LogP contribution in [0.5, 0.6) is 0 Å². The molecule has 0 aliphatic heterocycles. The Morgan fingerprint density at radius 2 is 2.05 bits per heavy atom. The van der Waals surface area contributed by atoms with E-state index in [4.69, 9.17) is 11.6 Å². The zero-order valence-corrected chi connectivity index (χ0v) is 13.1. The van der Waals surface area contributed by atoms with Crippen molar-refractivity contribution in [3.63, 3.8) is 0 Å². The Morgan fingerprint density at radius 3 is 2.65 bits per heavy atom. The van der Waals surface area contributed by atoms with Crippen LogP contribution in [0.25, 0.3) is 0 Å². The van der Waals surface area contributed by atoms with E-state index < -0.39 is 0 Å². The van der Waals surface area contributed by atoms with Crippen LogP contribution in [0.3, 0.4) is 0 Å². The van der Waals surface area contributed by atoms with Gasteiger partial charge in [0.25, 0.3) is 0 Å². The van der Waals surface area contributed by atoms with E-state index in [0.717, 1.165) is 24.6 Å². The van der Waals surface area contributed by atoms with Crippen LogP contribution in [0.2, 0.25) is 5.15 Å². The summed E-state index contributed by atoms with van der Waals surface area (Å²) in [5, 5.41) is 7.89. The first-order chi connectivity index (χ1) is 9.34. The van der Waals surface area contributed by atoms with Gasteiger partial charge in [-0.1, -0.05) is 32.4 Å². The molecular weight excluding hydrogens is 274 g/mol. The molecule has 0 aliphatic carbocycles. The van der Waals surface area contributed by atoms with Gasteiger partial charge in [0.05, 0.1) is 6.20 Å². The van der Waals surface area contributed by atoms with Gasteiger partial charge >= 0.3 is 0 Å². The fourth-order valence-electron chi connectivity index (χ4n) is 1.78. The summed E-state index contributed by atoms with van der Waals surface area (Å²) in [7, 11) is 1.91. The van der Waals surface area contributed by atoms with Gasteiger partial charge in [0.2, 0.25) is 0 Å². The molecule has 20 heavy (non-hydrogen) atoms. The molecule has 2 aromatic rings. The molecule has 0 spiro atoms. The Hall–Kier alpha value is -1.62. The van der Waals surface area contributed by atoms with E-state index in [9.17, 15) is 0 Å². The second-order valence-corrected chi connectivity index (χ2v) is 6.24. The molecule has 1 N–H and O–H groups in total. The van der Waals surface area contributed by atoms with E-state index in [1.54, 1.807) is 10.7 Å². The van der Waals surface area contributed by atoms with Crippen molar-refractivity contribution in [3.05, 3.63) is 35.0 Å². The number of nitrogens with one attached hydrogen (secondary N) is 1. The average molecular weight is 294 g/mol. The molecule has 6 heteroatoms. The van der Waals surface area contributed by atoms with Crippen molar-refractivity contribution in [1.29, 1.82) is 0 Å². The predicted octanol–water partition coefficient (Wildman–Crippen LogP) is 2.82. The Labute approximate surface area is 124 Å². The molecule has 0 saturated heterocycles. The van der Waals surface area contributed by atoms with Gasteiger partial charge < -0.3 is 5.32 Å². The molecule has 5 nitrogen and oxygen atoms in total. The fraction of sp³-hybridized carbons (Fsp3) is 0.500. The number of anilines is 1. The van der Waals surface area contributed by atoms with Crippen LogP contribution < -0.4 is 5.32 Å². The molecule has 2 aromatic heterocycles. The van der Waals surface area contributed by atoms with E-state index in [2.05, 4.69) is 41.2 Å². The van der Waals surface area contributed by atoms with Crippen molar-refractivity contribution in [1.82, 2.24) is 19.7 Å². The van der Waals surface area contributed by atoms with E-state index in [1.165, 1.54) is 5.56 Å². The molecule has 2 heterocycles.